The van der Waals surface area contributed by atoms with Gasteiger partial charge in [0.2, 0.25) is 17.7 Å². The Labute approximate surface area is 365 Å². The lowest BCUT2D eigenvalue weighted by Crippen LogP contribution is -2.42. The number of thiophene rings is 1. The molecule has 0 saturated heterocycles. The first-order valence-corrected chi connectivity index (χ1v) is 23.0. The number of esters is 1. The number of nitrogens with one attached hydrogen (secondary N) is 3. The lowest BCUT2D eigenvalue weighted by molar-refractivity contribution is -0.156. The van der Waals surface area contributed by atoms with E-state index in [1.807, 2.05) is 81.0 Å². The van der Waals surface area contributed by atoms with E-state index in [1.54, 1.807) is 16.2 Å². The van der Waals surface area contributed by atoms with Crippen molar-refractivity contribution in [3.63, 3.8) is 0 Å². The van der Waals surface area contributed by atoms with Crippen LogP contribution in [0.3, 0.4) is 0 Å². The van der Waals surface area contributed by atoms with Gasteiger partial charge in [0, 0.05) is 43.7 Å². The molecule has 0 atom stereocenters. The van der Waals surface area contributed by atoms with Gasteiger partial charge >= 0.3 is 5.97 Å². The third kappa shape index (κ3) is 17.9. The zero-order valence-electron chi connectivity index (χ0n) is 37.0. The van der Waals surface area contributed by atoms with Gasteiger partial charge in [0.05, 0.1) is 56.3 Å². The van der Waals surface area contributed by atoms with E-state index >= 15 is 0 Å². The summed E-state index contributed by atoms with van der Waals surface area (Å²) in [5.41, 5.74) is 2.78. The molecule has 2 heterocycles. The van der Waals surface area contributed by atoms with Crippen molar-refractivity contribution < 1.29 is 42.9 Å². The number of hydrogen-bond acceptors (Lipinski definition) is 10. The first-order chi connectivity index (χ1) is 29.3. The summed E-state index contributed by atoms with van der Waals surface area (Å²) in [6.45, 7) is 13.5. The van der Waals surface area contributed by atoms with Crippen LogP contribution in [-0.4, -0.2) is 105 Å². The molecule has 14 nitrogen and oxygen atoms in total. The van der Waals surface area contributed by atoms with E-state index in [-0.39, 0.29) is 54.5 Å². The van der Waals surface area contributed by atoms with Crippen LogP contribution in [0.2, 0.25) is 0 Å². The molecular formula is C46H69N5O9S. The van der Waals surface area contributed by atoms with Crippen LogP contribution in [0.25, 0.3) is 10.2 Å². The third-order valence-electron chi connectivity index (χ3n) is 10.5. The number of amides is 4. The lowest BCUT2D eigenvalue weighted by atomic mass is 9.85. The molecular weight excluding hydrogens is 799 g/mol. The Morgan fingerprint density at radius 1 is 0.803 bits per heavy atom. The van der Waals surface area contributed by atoms with Gasteiger partial charge < -0.3 is 44.4 Å². The van der Waals surface area contributed by atoms with E-state index in [1.165, 1.54) is 0 Å². The highest BCUT2D eigenvalue weighted by atomic mass is 32.1. The maximum atomic E-state index is 13.6. The fourth-order valence-corrected chi connectivity index (χ4v) is 8.17. The number of ether oxygens (including phenoxy) is 4. The molecule has 1 saturated carbocycles. The van der Waals surface area contributed by atoms with Crippen molar-refractivity contribution in [2.75, 3.05) is 64.2 Å². The summed E-state index contributed by atoms with van der Waals surface area (Å²) in [6.07, 6.45) is 8.24. The Morgan fingerprint density at radius 3 is 2.20 bits per heavy atom. The zero-order valence-corrected chi connectivity index (χ0v) is 37.8. The van der Waals surface area contributed by atoms with Crippen molar-refractivity contribution in [1.82, 2.24) is 20.5 Å². The molecule has 338 valence electrons. The number of carbonyl (C=O) groups excluding carboxylic acids is 5. The van der Waals surface area contributed by atoms with E-state index in [9.17, 15) is 24.0 Å². The second kappa shape index (κ2) is 26.2. The minimum atomic E-state index is -0.494. The minimum absolute atomic E-state index is 0.0175. The fourth-order valence-electron chi connectivity index (χ4n) is 7.35. The van der Waals surface area contributed by atoms with Crippen LogP contribution in [0.1, 0.15) is 114 Å². The highest BCUT2D eigenvalue weighted by molar-refractivity contribution is 7.17. The third-order valence-corrected chi connectivity index (χ3v) is 11.3. The number of carbonyl (C=O) groups is 5. The number of hydrogen-bond donors (Lipinski definition) is 3. The van der Waals surface area contributed by atoms with Crippen molar-refractivity contribution in [3.8, 4) is 0 Å². The summed E-state index contributed by atoms with van der Waals surface area (Å²) in [4.78, 5) is 65.7. The normalized spacial score (nSPS) is 15.4. The van der Waals surface area contributed by atoms with Crippen LogP contribution in [0, 0.1) is 12.8 Å². The van der Waals surface area contributed by atoms with Crippen molar-refractivity contribution >= 4 is 56.8 Å². The van der Waals surface area contributed by atoms with Crippen LogP contribution >= 0.6 is 11.3 Å². The standard InChI is InChI=1S/C46H69N5O9S/c1-6-50(37-14-12-13-34(2)31-37)42(53)33-51-38-21-30-61-40(38)32-39(51)45(56)49-36-18-16-35(17-19-36)44(55)48-22-11-9-7-8-10-15-41(52)47-23-25-58-27-29-59-28-26-57-24-20-43(54)60-46(3,4)5/h12-14,21,30-32,35-36H,6-11,15-20,22-29,33H2,1-5H3,(H,47,52)(H,48,55)(H,49,56). The van der Waals surface area contributed by atoms with Gasteiger partial charge in [-0.2, -0.15) is 0 Å². The van der Waals surface area contributed by atoms with Gasteiger partial charge in [-0.1, -0.05) is 31.4 Å². The number of aryl methyl sites for hydroxylation is 1. The molecule has 1 aliphatic rings. The molecule has 3 aromatic rings. The predicted octanol–water partition coefficient (Wildman–Crippen LogP) is 6.71. The van der Waals surface area contributed by atoms with Crippen molar-refractivity contribution in [2.24, 2.45) is 5.92 Å². The Balaban J connectivity index is 0.989. The van der Waals surface area contributed by atoms with E-state index < -0.39 is 5.60 Å². The molecule has 61 heavy (non-hydrogen) atoms. The summed E-state index contributed by atoms with van der Waals surface area (Å²) >= 11 is 1.55. The van der Waals surface area contributed by atoms with Crippen LogP contribution < -0.4 is 20.9 Å². The zero-order chi connectivity index (χ0) is 44.0. The molecule has 1 aliphatic carbocycles. The number of anilines is 1. The summed E-state index contributed by atoms with van der Waals surface area (Å²) < 4.78 is 24.4. The first-order valence-electron chi connectivity index (χ1n) is 22.1. The predicted molar refractivity (Wildman–Crippen MR) is 239 cm³/mol. The molecule has 0 aliphatic heterocycles. The SMILES string of the molecule is CCN(C(=O)Cn1c(C(=O)NC2CCC(C(=O)NCCCCCCCC(=O)NCCOCCOCCOCCC(=O)OC(C)(C)C)CC2)cc2sccc21)c1cccc(C)c1. The molecule has 1 aromatic carbocycles. The molecule has 1 fully saturated rings. The average molecular weight is 868 g/mol. The first kappa shape index (κ1) is 49.3. The van der Waals surface area contributed by atoms with Crippen molar-refractivity contribution in [2.45, 2.75) is 123 Å². The fraction of sp³-hybridized carbons (Fsp3) is 0.630. The Kier molecular flexibility index (Phi) is 21.2. The van der Waals surface area contributed by atoms with E-state index in [0.717, 1.165) is 66.4 Å². The number of unbranched alkanes of at least 4 members (excludes halogenated alkanes) is 4. The molecule has 0 radical (unpaired) electrons. The van der Waals surface area contributed by atoms with Crippen LogP contribution in [0.4, 0.5) is 5.69 Å². The highest BCUT2D eigenvalue weighted by Gasteiger charge is 2.29. The smallest absolute Gasteiger partial charge is 0.308 e. The quantitative estimate of drug-likeness (QED) is 0.0558. The van der Waals surface area contributed by atoms with E-state index in [2.05, 4.69) is 16.0 Å². The number of benzene rings is 1. The van der Waals surface area contributed by atoms with Gasteiger partial charge in [-0.3, -0.25) is 24.0 Å². The molecule has 0 bridgehead atoms. The second-order valence-corrected chi connectivity index (χ2v) is 17.6. The van der Waals surface area contributed by atoms with Gasteiger partial charge in [-0.05, 0) is 108 Å². The van der Waals surface area contributed by atoms with E-state index in [0.29, 0.717) is 84.2 Å². The summed E-state index contributed by atoms with van der Waals surface area (Å²) in [5, 5.41) is 11.2. The largest absolute Gasteiger partial charge is 0.460 e. The van der Waals surface area contributed by atoms with Crippen molar-refractivity contribution in [1.29, 1.82) is 0 Å². The molecule has 3 N–H and O–H groups in total. The minimum Gasteiger partial charge on any atom is -0.460 e. The maximum absolute atomic E-state index is 13.6. The molecule has 0 spiro atoms. The molecule has 0 unspecified atom stereocenters. The summed E-state index contributed by atoms with van der Waals surface area (Å²) in [7, 11) is 0. The van der Waals surface area contributed by atoms with Crippen LogP contribution in [-0.2, 0) is 44.7 Å². The van der Waals surface area contributed by atoms with Crippen LogP contribution in [0.5, 0.6) is 0 Å². The molecule has 2 aromatic heterocycles. The summed E-state index contributed by atoms with van der Waals surface area (Å²) in [5.74, 6) is -0.515. The van der Waals surface area contributed by atoms with Gasteiger partial charge in [-0.25, -0.2) is 0 Å². The Bertz CT molecular complexity index is 1830. The number of nitrogens with zero attached hydrogens (tertiary/aromatic N) is 2. The number of aromatic nitrogens is 1. The van der Waals surface area contributed by atoms with E-state index in [4.69, 9.17) is 18.9 Å². The van der Waals surface area contributed by atoms with Crippen LogP contribution in [0.15, 0.2) is 41.8 Å². The van der Waals surface area contributed by atoms with Gasteiger partial charge in [0.1, 0.15) is 17.8 Å². The number of fused-ring (bicyclic) bond motifs is 1. The molecule has 15 heteroatoms. The maximum Gasteiger partial charge on any atom is 0.308 e. The number of rotatable bonds is 27. The summed E-state index contributed by atoms with van der Waals surface area (Å²) in [6, 6.07) is 11.7. The monoisotopic (exact) mass is 867 g/mol. The Morgan fingerprint density at radius 2 is 1.49 bits per heavy atom. The lowest BCUT2D eigenvalue weighted by Gasteiger charge is -2.28. The van der Waals surface area contributed by atoms with Gasteiger partial charge in [-0.15, -0.1) is 11.3 Å². The van der Waals surface area contributed by atoms with Gasteiger partial charge in [0.15, 0.2) is 0 Å². The van der Waals surface area contributed by atoms with Crippen molar-refractivity contribution in [3.05, 3.63) is 53.0 Å². The Hall–Kier alpha value is -4.31. The second-order valence-electron chi connectivity index (χ2n) is 16.6. The average Bonchev–Trinajstić information content (AvgIpc) is 3.82. The number of likely N-dealkylation sites (N-methyl/N-ethyl adjacent to an activating group) is 1. The topological polar surface area (TPSA) is 167 Å². The van der Waals surface area contributed by atoms with Gasteiger partial charge in [0.25, 0.3) is 5.91 Å². The highest BCUT2D eigenvalue weighted by Crippen LogP contribution is 2.28. The molecule has 4 rings (SSSR count). The molecule has 4 amide bonds.